The molecule has 2 nitrogen and oxygen atoms in total. The lowest BCUT2D eigenvalue weighted by molar-refractivity contribution is 1.26. The highest BCUT2D eigenvalue weighted by atomic mass is 35.5. The fraction of sp³-hybridized carbons (Fsp3) is 0.0714. The van der Waals surface area contributed by atoms with Crippen LogP contribution in [0.2, 0.25) is 5.02 Å². The number of hydrogen-bond acceptors (Lipinski definition) is 4. The molecule has 2 N–H and O–H groups in total. The van der Waals surface area contributed by atoms with Crippen molar-refractivity contribution in [3.8, 4) is 0 Å². The van der Waals surface area contributed by atoms with Crippen molar-refractivity contribution in [2.24, 2.45) is 0 Å². The van der Waals surface area contributed by atoms with E-state index in [2.05, 4.69) is 11.9 Å². The average Bonchev–Trinajstić information content (AvgIpc) is 2.74. The SMILES string of the molecule is Cc1cc(N)ccc1Sc1nc2cc(Cl)ccc2s1. The minimum absolute atomic E-state index is 0.720. The zero-order valence-corrected chi connectivity index (χ0v) is 12.6. The van der Waals surface area contributed by atoms with E-state index in [-0.39, 0.29) is 0 Å². The lowest BCUT2D eigenvalue weighted by Crippen LogP contribution is -1.86. The van der Waals surface area contributed by atoms with Crippen molar-refractivity contribution in [2.75, 3.05) is 5.73 Å². The summed E-state index contributed by atoms with van der Waals surface area (Å²) in [4.78, 5) is 5.78. The van der Waals surface area contributed by atoms with Gasteiger partial charge in [-0.15, -0.1) is 11.3 Å². The van der Waals surface area contributed by atoms with E-state index in [4.69, 9.17) is 17.3 Å². The lowest BCUT2D eigenvalue weighted by Gasteiger charge is -2.03. The summed E-state index contributed by atoms with van der Waals surface area (Å²) < 4.78 is 2.17. The molecule has 0 fully saturated rings. The molecule has 0 saturated heterocycles. The van der Waals surface area contributed by atoms with Gasteiger partial charge in [0.1, 0.15) is 0 Å². The number of fused-ring (bicyclic) bond motifs is 1. The molecule has 3 aromatic rings. The van der Waals surface area contributed by atoms with E-state index in [1.54, 1.807) is 23.1 Å². The summed E-state index contributed by atoms with van der Waals surface area (Å²) >= 11 is 9.31. The molecule has 0 aliphatic heterocycles. The molecule has 0 unspecified atom stereocenters. The summed E-state index contributed by atoms with van der Waals surface area (Å²) in [7, 11) is 0. The Hall–Kier alpha value is -1.23. The van der Waals surface area contributed by atoms with Crippen LogP contribution in [0.1, 0.15) is 5.56 Å². The van der Waals surface area contributed by atoms with Gasteiger partial charge in [-0.3, -0.25) is 0 Å². The van der Waals surface area contributed by atoms with E-state index in [9.17, 15) is 0 Å². The molecular formula is C14H11ClN2S2. The van der Waals surface area contributed by atoms with Crippen molar-refractivity contribution >= 4 is 50.6 Å². The van der Waals surface area contributed by atoms with Crippen LogP contribution in [0.5, 0.6) is 0 Å². The largest absolute Gasteiger partial charge is 0.399 e. The third-order valence-corrected chi connectivity index (χ3v) is 5.24. The molecule has 5 heteroatoms. The molecule has 0 bridgehead atoms. The molecule has 0 radical (unpaired) electrons. The van der Waals surface area contributed by atoms with Crippen LogP contribution < -0.4 is 5.73 Å². The van der Waals surface area contributed by atoms with E-state index >= 15 is 0 Å². The predicted molar refractivity (Wildman–Crippen MR) is 84.3 cm³/mol. The maximum absolute atomic E-state index is 5.97. The van der Waals surface area contributed by atoms with Gasteiger partial charge in [-0.05, 0) is 48.9 Å². The molecule has 0 spiro atoms. The molecule has 1 aromatic heterocycles. The second-order valence-corrected chi connectivity index (χ2v) is 6.97. The van der Waals surface area contributed by atoms with Crippen molar-refractivity contribution in [3.63, 3.8) is 0 Å². The lowest BCUT2D eigenvalue weighted by atomic mass is 10.2. The Morgan fingerprint density at radius 3 is 2.84 bits per heavy atom. The van der Waals surface area contributed by atoms with Gasteiger partial charge in [0, 0.05) is 15.6 Å². The van der Waals surface area contributed by atoms with Crippen LogP contribution in [-0.2, 0) is 0 Å². The van der Waals surface area contributed by atoms with Crippen LogP contribution in [0, 0.1) is 6.92 Å². The number of aryl methyl sites for hydroxylation is 1. The number of nitrogen functional groups attached to an aromatic ring is 1. The molecule has 0 aliphatic rings. The first-order chi connectivity index (χ1) is 9.11. The van der Waals surface area contributed by atoms with Gasteiger partial charge >= 0.3 is 0 Å². The summed E-state index contributed by atoms with van der Waals surface area (Å²) in [5.41, 5.74) is 8.67. The Balaban J connectivity index is 1.96. The second-order valence-electron chi connectivity index (χ2n) is 4.22. The van der Waals surface area contributed by atoms with Gasteiger partial charge in [-0.25, -0.2) is 4.98 Å². The average molecular weight is 307 g/mol. The van der Waals surface area contributed by atoms with E-state index in [0.717, 1.165) is 25.3 Å². The molecule has 0 amide bonds. The minimum Gasteiger partial charge on any atom is -0.399 e. The van der Waals surface area contributed by atoms with Crippen LogP contribution in [0.4, 0.5) is 5.69 Å². The molecule has 2 aromatic carbocycles. The normalized spacial score (nSPS) is 11.1. The summed E-state index contributed by atoms with van der Waals surface area (Å²) in [6.07, 6.45) is 0. The van der Waals surface area contributed by atoms with Crippen molar-refractivity contribution in [2.45, 2.75) is 16.2 Å². The van der Waals surface area contributed by atoms with Gasteiger partial charge in [0.2, 0.25) is 0 Å². The molecule has 3 rings (SSSR count). The standard InChI is InChI=1S/C14H11ClN2S2/c1-8-6-10(16)3-5-12(8)18-14-17-11-7-9(15)2-4-13(11)19-14/h2-7H,16H2,1H3. The third kappa shape index (κ3) is 2.71. The number of thiazole rings is 1. The maximum atomic E-state index is 5.97. The predicted octanol–water partition coefficient (Wildman–Crippen LogP) is 4.99. The molecule has 96 valence electrons. The zero-order chi connectivity index (χ0) is 13.4. The smallest absolute Gasteiger partial charge is 0.155 e. The van der Waals surface area contributed by atoms with Gasteiger partial charge in [0.25, 0.3) is 0 Å². The van der Waals surface area contributed by atoms with Crippen LogP contribution in [0.15, 0.2) is 45.6 Å². The minimum atomic E-state index is 0.720. The number of aromatic nitrogens is 1. The van der Waals surface area contributed by atoms with Gasteiger partial charge in [0.05, 0.1) is 10.2 Å². The zero-order valence-electron chi connectivity index (χ0n) is 10.2. The Morgan fingerprint density at radius 2 is 2.05 bits per heavy atom. The van der Waals surface area contributed by atoms with Crippen LogP contribution in [0.3, 0.4) is 0 Å². The number of hydrogen-bond donors (Lipinski definition) is 1. The summed E-state index contributed by atoms with van der Waals surface area (Å²) in [6, 6.07) is 11.7. The van der Waals surface area contributed by atoms with Gasteiger partial charge < -0.3 is 5.73 Å². The Bertz CT molecular complexity index is 752. The quantitative estimate of drug-likeness (QED) is 0.678. The first-order valence-corrected chi connectivity index (χ1v) is 7.73. The number of rotatable bonds is 2. The fourth-order valence-electron chi connectivity index (χ4n) is 1.80. The van der Waals surface area contributed by atoms with Gasteiger partial charge in [-0.2, -0.15) is 0 Å². The van der Waals surface area contributed by atoms with E-state index in [1.165, 1.54) is 10.5 Å². The molecule has 19 heavy (non-hydrogen) atoms. The van der Waals surface area contributed by atoms with Crippen molar-refractivity contribution in [3.05, 3.63) is 47.0 Å². The van der Waals surface area contributed by atoms with Crippen molar-refractivity contribution in [1.29, 1.82) is 0 Å². The number of nitrogens with two attached hydrogens (primary N) is 1. The number of anilines is 1. The third-order valence-electron chi connectivity index (χ3n) is 2.73. The van der Waals surface area contributed by atoms with Crippen LogP contribution in [0.25, 0.3) is 10.2 Å². The highest BCUT2D eigenvalue weighted by Crippen LogP contribution is 2.36. The highest BCUT2D eigenvalue weighted by molar-refractivity contribution is 8.01. The summed E-state index contributed by atoms with van der Waals surface area (Å²) in [5, 5.41) is 0.720. The van der Waals surface area contributed by atoms with Gasteiger partial charge in [0.15, 0.2) is 4.34 Å². The van der Waals surface area contributed by atoms with E-state index in [0.29, 0.717) is 0 Å². The van der Waals surface area contributed by atoms with E-state index in [1.807, 2.05) is 36.4 Å². The fourth-order valence-corrected chi connectivity index (χ4v) is 4.04. The van der Waals surface area contributed by atoms with E-state index < -0.39 is 0 Å². The summed E-state index contributed by atoms with van der Waals surface area (Å²) in [5.74, 6) is 0. The Kier molecular flexibility index (Phi) is 3.39. The Morgan fingerprint density at radius 1 is 1.21 bits per heavy atom. The number of halogens is 1. The van der Waals surface area contributed by atoms with Crippen LogP contribution >= 0.6 is 34.7 Å². The topological polar surface area (TPSA) is 38.9 Å². The molecular weight excluding hydrogens is 296 g/mol. The highest BCUT2D eigenvalue weighted by Gasteiger charge is 2.08. The second kappa shape index (κ2) is 5.04. The number of nitrogens with zero attached hydrogens (tertiary/aromatic N) is 1. The van der Waals surface area contributed by atoms with Gasteiger partial charge in [-0.1, -0.05) is 23.4 Å². The number of benzene rings is 2. The molecule has 0 aliphatic carbocycles. The molecule has 1 heterocycles. The first kappa shape index (κ1) is 12.8. The van der Waals surface area contributed by atoms with Crippen LogP contribution in [-0.4, -0.2) is 4.98 Å². The first-order valence-electron chi connectivity index (χ1n) is 5.72. The monoisotopic (exact) mass is 306 g/mol. The molecule has 0 saturated carbocycles. The van der Waals surface area contributed by atoms with Crippen molar-refractivity contribution in [1.82, 2.24) is 4.98 Å². The maximum Gasteiger partial charge on any atom is 0.155 e. The summed E-state index contributed by atoms with van der Waals surface area (Å²) in [6.45, 7) is 2.06. The van der Waals surface area contributed by atoms with Crippen molar-refractivity contribution < 1.29 is 0 Å². The molecule has 0 atom stereocenters. The Labute approximate surface area is 124 Å².